The molecule has 2 heterocycles. The number of nitrogens with one attached hydrogen (secondary N) is 4. The molecule has 14 nitrogen and oxygen atoms in total. The molecule has 1 aliphatic heterocycles. The van der Waals surface area contributed by atoms with Gasteiger partial charge in [-0.1, -0.05) is 35.5 Å². The van der Waals surface area contributed by atoms with Crippen molar-refractivity contribution in [2.24, 2.45) is 4.99 Å². The number of H-pyrrole nitrogens is 2. The first-order chi connectivity index (χ1) is 20.4. The van der Waals surface area contributed by atoms with E-state index in [0.717, 1.165) is 18.7 Å². The lowest BCUT2D eigenvalue weighted by atomic mass is 10.0. The van der Waals surface area contributed by atoms with E-state index in [0.29, 0.717) is 21.8 Å². The quantitative estimate of drug-likeness (QED) is 0.199. The highest BCUT2D eigenvalue weighted by Gasteiger charge is 2.34. The summed E-state index contributed by atoms with van der Waals surface area (Å²) >= 11 is 6.96. The molecular weight excluding hydrogens is 606 g/mol. The molecule has 3 aromatic rings. The van der Waals surface area contributed by atoms with Gasteiger partial charge in [-0.2, -0.15) is 0 Å². The number of amides is 2. The van der Waals surface area contributed by atoms with Gasteiger partial charge in [0.2, 0.25) is 17.7 Å². The predicted molar refractivity (Wildman–Crippen MR) is 159 cm³/mol. The van der Waals surface area contributed by atoms with Crippen molar-refractivity contribution < 1.29 is 34.1 Å². The Labute approximate surface area is 252 Å². The molecule has 1 aliphatic rings. The van der Waals surface area contributed by atoms with E-state index in [1.807, 2.05) is 0 Å². The molecule has 4 rings (SSSR count). The molecule has 2 atom stereocenters. The van der Waals surface area contributed by atoms with E-state index >= 15 is 0 Å². The van der Waals surface area contributed by atoms with Crippen LogP contribution in [0.4, 0.5) is 5.69 Å². The average Bonchev–Trinajstić information content (AvgIpc) is 3.26. The van der Waals surface area contributed by atoms with Crippen molar-refractivity contribution in [2.45, 2.75) is 31.6 Å². The largest absolute Gasteiger partial charge is 0.494 e. The number of nitrogens with zero attached hydrogens (tertiary/aromatic N) is 1. The van der Waals surface area contributed by atoms with Gasteiger partial charge in [0.25, 0.3) is 11.5 Å². The van der Waals surface area contributed by atoms with Crippen LogP contribution in [-0.4, -0.2) is 61.0 Å². The van der Waals surface area contributed by atoms with Crippen molar-refractivity contribution in [1.29, 1.82) is 0 Å². The van der Waals surface area contributed by atoms with E-state index in [1.54, 1.807) is 43.3 Å². The highest BCUT2D eigenvalue weighted by Crippen LogP contribution is 2.32. The van der Waals surface area contributed by atoms with Crippen LogP contribution in [0.2, 0.25) is 5.02 Å². The molecule has 2 aromatic carbocycles. The number of halogens is 1. The Morgan fingerprint density at radius 3 is 2.28 bits per heavy atom. The van der Waals surface area contributed by atoms with Gasteiger partial charge in [0.15, 0.2) is 5.17 Å². The molecule has 0 radical (unpaired) electrons. The van der Waals surface area contributed by atoms with Crippen LogP contribution in [0.25, 0.3) is 0 Å². The molecular formula is C27H26ClN5O9S. The molecule has 1 aromatic heterocycles. The lowest BCUT2D eigenvalue weighted by Crippen LogP contribution is -2.29. The molecule has 0 spiro atoms. The van der Waals surface area contributed by atoms with Crippen LogP contribution in [0, 0.1) is 0 Å². The van der Waals surface area contributed by atoms with Gasteiger partial charge >= 0.3 is 11.7 Å². The molecule has 226 valence electrons. The summed E-state index contributed by atoms with van der Waals surface area (Å²) < 4.78 is 4.93. The number of aliphatic imine (C=N–C) groups is 1. The zero-order chi connectivity index (χ0) is 31.7. The zero-order valence-corrected chi connectivity index (χ0v) is 24.2. The van der Waals surface area contributed by atoms with Crippen LogP contribution in [0.15, 0.2) is 63.1 Å². The Morgan fingerprint density at radius 1 is 1.07 bits per heavy atom. The fourth-order valence-corrected chi connectivity index (χ4v) is 4.81. The number of carbonyl (C=O) groups is 4. The topological polar surface area (TPSA) is 220 Å². The molecule has 6 N–H and O–H groups in total. The van der Waals surface area contributed by atoms with Crippen LogP contribution in [0.1, 0.15) is 47.8 Å². The van der Waals surface area contributed by atoms with Crippen molar-refractivity contribution in [1.82, 2.24) is 15.3 Å². The number of ether oxygens (including phenoxy) is 1. The molecule has 2 unspecified atom stereocenters. The number of esters is 1. The number of aromatic hydroxyl groups is 1. The van der Waals surface area contributed by atoms with Gasteiger partial charge in [-0.05, 0) is 48.9 Å². The van der Waals surface area contributed by atoms with Gasteiger partial charge in [-0.15, -0.1) is 0 Å². The van der Waals surface area contributed by atoms with Gasteiger partial charge in [-0.3, -0.25) is 29.1 Å². The summed E-state index contributed by atoms with van der Waals surface area (Å²) in [6.45, 7) is 3.03. The van der Waals surface area contributed by atoms with Gasteiger partial charge < -0.3 is 25.6 Å². The number of aliphatic carboxylic acids is 1. The minimum Gasteiger partial charge on any atom is -0.494 e. The molecule has 0 saturated carbocycles. The summed E-state index contributed by atoms with van der Waals surface area (Å²) in [5, 5.41) is 22.7. The number of amidine groups is 1. The molecule has 16 heteroatoms. The number of hydrogen-bond donors (Lipinski definition) is 6. The number of aromatic amines is 2. The highest BCUT2D eigenvalue weighted by atomic mass is 35.5. The average molecular weight is 632 g/mol. The van der Waals surface area contributed by atoms with Crippen molar-refractivity contribution in [2.75, 3.05) is 11.9 Å². The molecule has 43 heavy (non-hydrogen) atoms. The molecule has 1 saturated heterocycles. The SMILES string of the molecule is CC(=O)O.CCOC(=O)c1ccc(NC(=O)CC2SC(=NC(c3ccc(Cl)cc3)c3c(O)[nH]c(=O)[nH]c3=O)NC2=O)cc1. The second-order valence-corrected chi connectivity index (χ2v) is 10.4. The summed E-state index contributed by atoms with van der Waals surface area (Å²) in [7, 11) is 0. The fraction of sp³-hybridized carbons (Fsp3) is 0.222. The van der Waals surface area contributed by atoms with Crippen LogP contribution in [-0.2, 0) is 19.1 Å². The number of aromatic nitrogens is 2. The van der Waals surface area contributed by atoms with Crippen LogP contribution in [0.5, 0.6) is 5.88 Å². The van der Waals surface area contributed by atoms with E-state index in [1.165, 1.54) is 12.1 Å². The number of carboxylic acids is 1. The second-order valence-electron chi connectivity index (χ2n) is 8.72. The van der Waals surface area contributed by atoms with Gasteiger partial charge in [-0.25, -0.2) is 14.6 Å². The smallest absolute Gasteiger partial charge is 0.338 e. The minimum absolute atomic E-state index is 0.113. The standard InChI is InChI=1S/C25H22ClN5O7S.C2H4O2/c1-2-38-23(36)13-5-9-15(10-6-13)27-17(32)11-16-20(33)31-25(39-16)28-19(12-3-7-14(26)8-4-12)18-21(34)29-24(37)30-22(18)35;1-2(3)4/h3-10,16,19H,2,11H2,1H3,(H,27,32)(H,28,31,33)(H3,29,30,34,35,37);1H3,(H,3,4). The summed E-state index contributed by atoms with van der Waals surface area (Å²) in [6, 6.07) is 11.3. The second kappa shape index (κ2) is 14.8. The first-order valence-electron chi connectivity index (χ1n) is 12.5. The first kappa shape index (κ1) is 32.6. The van der Waals surface area contributed by atoms with Crippen LogP contribution < -0.4 is 21.9 Å². The molecule has 0 aliphatic carbocycles. The van der Waals surface area contributed by atoms with E-state index in [4.69, 9.17) is 26.2 Å². The molecule has 1 fully saturated rings. The summed E-state index contributed by atoms with van der Waals surface area (Å²) in [5.74, 6) is -2.90. The van der Waals surface area contributed by atoms with E-state index in [9.17, 15) is 29.1 Å². The summed E-state index contributed by atoms with van der Waals surface area (Å²) in [6.07, 6.45) is -0.189. The monoisotopic (exact) mass is 631 g/mol. The Bertz CT molecular complexity index is 1650. The lowest BCUT2D eigenvalue weighted by Gasteiger charge is -2.14. The third-order valence-corrected chi connectivity index (χ3v) is 6.84. The number of carbonyl (C=O) groups excluding carboxylic acids is 3. The third kappa shape index (κ3) is 9.31. The Balaban J connectivity index is 0.00000119. The molecule has 2 amide bonds. The zero-order valence-electron chi connectivity index (χ0n) is 22.7. The maximum atomic E-state index is 12.6. The summed E-state index contributed by atoms with van der Waals surface area (Å²) in [5.41, 5.74) is -0.785. The Kier molecular flexibility index (Phi) is 11.3. The lowest BCUT2D eigenvalue weighted by molar-refractivity contribution is -0.134. The Hall–Kier alpha value is -4.89. The van der Waals surface area contributed by atoms with Crippen molar-refractivity contribution in [3.63, 3.8) is 0 Å². The maximum Gasteiger partial charge on any atom is 0.338 e. The van der Waals surface area contributed by atoms with E-state index in [-0.39, 0.29) is 23.8 Å². The predicted octanol–water partition coefficient (Wildman–Crippen LogP) is 2.40. The van der Waals surface area contributed by atoms with E-state index in [2.05, 4.69) is 25.6 Å². The van der Waals surface area contributed by atoms with Crippen molar-refractivity contribution >= 4 is 58.0 Å². The maximum absolute atomic E-state index is 12.6. The number of anilines is 1. The minimum atomic E-state index is -1.11. The summed E-state index contributed by atoms with van der Waals surface area (Å²) in [4.78, 5) is 78.7. The third-order valence-electron chi connectivity index (χ3n) is 5.49. The van der Waals surface area contributed by atoms with Crippen molar-refractivity contribution in [3.8, 4) is 5.88 Å². The number of carboxylic acid groups (broad SMARTS) is 1. The number of thioether (sulfide) groups is 1. The number of benzene rings is 2. The van der Waals surface area contributed by atoms with Gasteiger partial charge in [0, 0.05) is 24.1 Å². The van der Waals surface area contributed by atoms with Crippen LogP contribution in [0.3, 0.4) is 0 Å². The normalized spacial score (nSPS) is 15.6. The van der Waals surface area contributed by atoms with Gasteiger partial charge in [0.05, 0.1) is 12.2 Å². The fourth-order valence-electron chi connectivity index (χ4n) is 3.69. The highest BCUT2D eigenvalue weighted by molar-refractivity contribution is 8.15. The number of rotatable bonds is 8. The molecule has 0 bridgehead atoms. The van der Waals surface area contributed by atoms with Crippen LogP contribution >= 0.6 is 23.4 Å². The van der Waals surface area contributed by atoms with Crippen molar-refractivity contribution in [3.05, 3.63) is 91.1 Å². The van der Waals surface area contributed by atoms with Gasteiger partial charge in [0.1, 0.15) is 16.9 Å². The first-order valence-corrected chi connectivity index (χ1v) is 13.8. The van der Waals surface area contributed by atoms with E-state index < -0.39 is 52.2 Å². The number of hydrogen-bond acceptors (Lipinski definition) is 10. The Morgan fingerprint density at radius 2 is 1.70 bits per heavy atom.